The summed E-state index contributed by atoms with van der Waals surface area (Å²) >= 11 is 0. The van der Waals surface area contributed by atoms with Crippen LogP contribution in [-0.2, 0) is 4.79 Å². The van der Waals surface area contributed by atoms with E-state index in [0.717, 1.165) is 41.9 Å². The van der Waals surface area contributed by atoms with Crippen LogP contribution in [0.3, 0.4) is 0 Å². The van der Waals surface area contributed by atoms with Crippen molar-refractivity contribution in [3.05, 3.63) is 76.6 Å². The van der Waals surface area contributed by atoms with Crippen molar-refractivity contribution in [2.24, 2.45) is 0 Å². The third-order valence-electron chi connectivity index (χ3n) is 6.46. The maximum atomic E-state index is 14.0. The summed E-state index contributed by atoms with van der Waals surface area (Å²) in [5.41, 5.74) is 5.13. The Balaban J connectivity index is 1.60. The van der Waals surface area contributed by atoms with E-state index in [2.05, 4.69) is 11.5 Å². The molecule has 1 saturated heterocycles. The Labute approximate surface area is 189 Å². The summed E-state index contributed by atoms with van der Waals surface area (Å²) in [6, 6.07) is 9.48. The van der Waals surface area contributed by atoms with Crippen molar-refractivity contribution in [2.45, 2.75) is 33.2 Å². The summed E-state index contributed by atoms with van der Waals surface area (Å²) in [5.74, 6) is -0.569. The highest BCUT2D eigenvalue weighted by molar-refractivity contribution is 6.11. The zero-order chi connectivity index (χ0) is 23.0. The summed E-state index contributed by atoms with van der Waals surface area (Å²) in [4.78, 5) is 32.4. The molecule has 0 saturated carbocycles. The first-order chi connectivity index (χ1) is 15.2. The second-order valence-corrected chi connectivity index (χ2v) is 9.01. The Morgan fingerprint density at radius 2 is 1.78 bits per heavy atom. The van der Waals surface area contributed by atoms with Crippen LogP contribution in [0.2, 0.25) is 0 Å². The molecule has 168 valence electrons. The van der Waals surface area contributed by atoms with Gasteiger partial charge in [0, 0.05) is 44.0 Å². The summed E-state index contributed by atoms with van der Waals surface area (Å²) < 4.78 is 14.0. The normalized spacial score (nSPS) is 18.8. The molecule has 2 amide bonds. The van der Waals surface area contributed by atoms with Gasteiger partial charge in [-0.1, -0.05) is 24.3 Å². The number of hydrogen-bond acceptors (Lipinski definition) is 3. The van der Waals surface area contributed by atoms with E-state index in [1.807, 2.05) is 37.8 Å². The molecule has 2 aromatic carbocycles. The van der Waals surface area contributed by atoms with E-state index >= 15 is 0 Å². The van der Waals surface area contributed by atoms with Gasteiger partial charge in [0.15, 0.2) is 0 Å². The van der Waals surface area contributed by atoms with Gasteiger partial charge in [-0.3, -0.25) is 14.5 Å². The lowest BCUT2D eigenvalue weighted by molar-refractivity contribution is -0.133. The maximum Gasteiger partial charge on any atom is 0.259 e. The standard InChI is InChI=1S/C26H30FN3O2/c1-17(2)16-28-8-10-29(11-9-28)25(31)15-24-22-12-18(3)19(4)13-23(22)26(32)30(24)21-7-5-6-20(27)14-21/h5-7,12-14,24H,1,8-11,15-16H2,2-4H3. The van der Waals surface area contributed by atoms with Crippen molar-refractivity contribution in [1.82, 2.24) is 9.80 Å². The zero-order valence-electron chi connectivity index (χ0n) is 19.0. The smallest absolute Gasteiger partial charge is 0.259 e. The number of carbonyl (C=O) groups excluding carboxylic acids is 2. The minimum Gasteiger partial charge on any atom is -0.340 e. The molecular weight excluding hydrogens is 405 g/mol. The number of rotatable bonds is 5. The van der Waals surface area contributed by atoms with E-state index in [-0.39, 0.29) is 18.2 Å². The maximum absolute atomic E-state index is 14.0. The molecule has 0 N–H and O–H groups in total. The molecular formula is C26H30FN3O2. The number of nitrogens with zero attached hydrogens (tertiary/aromatic N) is 3. The molecule has 0 radical (unpaired) electrons. The summed E-state index contributed by atoms with van der Waals surface area (Å²) in [6.07, 6.45) is 0.179. The van der Waals surface area contributed by atoms with Crippen LogP contribution in [0, 0.1) is 19.7 Å². The van der Waals surface area contributed by atoms with Crippen molar-refractivity contribution in [3.63, 3.8) is 0 Å². The molecule has 0 bridgehead atoms. The molecule has 2 aliphatic rings. The fourth-order valence-electron chi connectivity index (χ4n) is 4.67. The topological polar surface area (TPSA) is 43.9 Å². The van der Waals surface area contributed by atoms with E-state index in [4.69, 9.17) is 0 Å². The van der Waals surface area contributed by atoms with Gasteiger partial charge in [0.25, 0.3) is 5.91 Å². The van der Waals surface area contributed by atoms with Crippen LogP contribution in [0.15, 0.2) is 48.6 Å². The van der Waals surface area contributed by atoms with Gasteiger partial charge in [-0.25, -0.2) is 4.39 Å². The molecule has 32 heavy (non-hydrogen) atoms. The largest absolute Gasteiger partial charge is 0.340 e. The predicted molar refractivity (Wildman–Crippen MR) is 124 cm³/mol. The molecule has 1 atom stereocenters. The van der Waals surface area contributed by atoms with Crippen LogP contribution in [0.5, 0.6) is 0 Å². The summed E-state index contributed by atoms with van der Waals surface area (Å²) in [5, 5.41) is 0. The highest BCUT2D eigenvalue weighted by atomic mass is 19.1. The third kappa shape index (κ3) is 4.32. The van der Waals surface area contributed by atoms with Gasteiger partial charge in [-0.15, -0.1) is 0 Å². The second kappa shape index (κ2) is 8.87. The van der Waals surface area contributed by atoms with E-state index in [1.165, 1.54) is 12.1 Å². The average Bonchev–Trinajstić information content (AvgIpc) is 2.99. The van der Waals surface area contributed by atoms with E-state index in [0.29, 0.717) is 24.3 Å². The SMILES string of the molecule is C=C(C)CN1CCN(C(=O)CC2c3cc(C)c(C)cc3C(=O)N2c2cccc(F)c2)CC1. The number of fused-ring (bicyclic) bond motifs is 1. The zero-order valence-corrected chi connectivity index (χ0v) is 19.0. The molecule has 0 spiro atoms. The van der Waals surface area contributed by atoms with Crippen LogP contribution in [0.1, 0.15) is 46.4 Å². The predicted octanol–water partition coefficient (Wildman–Crippen LogP) is 4.25. The van der Waals surface area contributed by atoms with Gasteiger partial charge in [-0.2, -0.15) is 0 Å². The lowest BCUT2D eigenvalue weighted by Gasteiger charge is -2.36. The molecule has 1 unspecified atom stereocenters. The van der Waals surface area contributed by atoms with Crippen LogP contribution in [0.4, 0.5) is 10.1 Å². The molecule has 0 aromatic heterocycles. The Kier molecular flexibility index (Phi) is 6.15. The second-order valence-electron chi connectivity index (χ2n) is 9.01. The lowest BCUT2D eigenvalue weighted by atomic mass is 9.96. The first-order valence-corrected chi connectivity index (χ1v) is 11.1. The number of piperazine rings is 1. The molecule has 1 fully saturated rings. The minimum atomic E-state index is -0.445. The number of carbonyl (C=O) groups is 2. The summed E-state index contributed by atoms with van der Waals surface area (Å²) in [6.45, 7) is 13.7. The average molecular weight is 436 g/mol. The van der Waals surface area contributed by atoms with E-state index in [1.54, 1.807) is 17.0 Å². The van der Waals surface area contributed by atoms with E-state index in [9.17, 15) is 14.0 Å². The number of halogens is 1. The fraction of sp³-hybridized carbons (Fsp3) is 0.385. The van der Waals surface area contributed by atoms with Gasteiger partial charge in [0.2, 0.25) is 5.91 Å². The Hall–Kier alpha value is -2.99. The Morgan fingerprint density at radius 3 is 2.44 bits per heavy atom. The van der Waals surface area contributed by atoms with Crippen molar-refractivity contribution in [3.8, 4) is 0 Å². The van der Waals surface area contributed by atoms with Gasteiger partial charge in [-0.05, 0) is 61.7 Å². The Morgan fingerprint density at radius 1 is 1.09 bits per heavy atom. The molecule has 0 aliphatic carbocycles. The number of aryl methyl sites for hydroxylation is 2. The molecule has 2 heterocycles. The molecule has 6 heteroatoms. The van der Waals surface area contributed by atoms with Crippen LogP contribution in [0.25, 0.3) is 0 Å². The van der Waals surface area contributed by atoms with Gasteiger partial charge in [0.05, 0.1) is 12.5 Å². The summed E-state index contributed by atoms with van der Waals surface area (Å²) in [7, 11) is 0. The number of anilines is 1. The minimum absolute atomic E-state index is 0.0188. The van der Waals surface area contributed by atoms with Crippen molar-refractivity contribution in [1.29, 1.82) is 0 Å². The van der Waals surface area contributed by atoms with Crippen LogP contribution < -0.4 is 4.90 Å². The first kappa shape index (κ1) is 22.2. The Bertz CT molecular complexity index is 1070. The number of benzene rings is 2. The fourth-order valence-corrected chi connectivity index (χ4v) is 4.67. The first-order valence-electron chi connectivity index (χ1n) is 11.1. The number of amides is 2. The molecule has 5 nitrogen and oxygen atoms in total. The number of hydrogen-bond donors (Lipinski definition) is 0. The van der Waals surface area contributed by atoms with Gasteiger partial charge in [0.1, 0.15) is 5.82 Å². The lowest BCUT2D eigenvalue weighted by Crippen LogP contribution is -2.49. The molecule has 4 rings (SSSR count). The van der Waals surface area contributed by atoms with Gasteiger partial charge >= 0.3 is 0 Å². The monoisotopic (exact) mass is 435 g/mol. The molecule has 2 aromatic rings. The quantitative estimate of drug-likeness (QED) is 0.660. The highest BCUT2D eigenvalue weighted by Gasteiger charge is 2.40. The van der Waals surface area contributed by atoms with Crippen molar-refractivity contribution < 1.29 is 14.0 Å². The van der Waals surface area contributed by atoms with Crippen LogP contribution in [-0.4, -0.2) is 54.3 Å². The van der Waals surface area contributed by atoms with Crippen molar-refractivity contribution >= 4 is 17.5 Å². The van der Waals surface area contributed by atoms with Crippen LogP contribution >= 0.6 is 0 Å². The van der Waals surface area contributed by atoms with Crippen molar-refractivity contribution in [2.75, 3.05) is 37.6 Å². The van der Waals surface area contributed by atoms with E-state index < -0.39 is 11.9 Å². The van der Waals surface area contributed by atoms with Gasteiger partial charge < -0.3 is 9.80 Å². The molecule has 2 aliphatic heterocycles. The third-order valence-corrected chi connectivity index (χ3v) is 6.46. The highest BCUT2D eigenvalue weighted by Crippen LogP contribution is 2.41.